The van der Waals surface area contributed by atoms with E-state index in [9.17, 15) is 0 Å². The number of thiazole rings is 1. The third-order valence-electron chi connectivity index (χ3n) is 2.46. The summed E-state index contributed by atoms with van der Waals surface area (Å²) in [7, 11) is 0. The van der Waals surface area contributed by atoms with Crippen molar-refractivity contribution in [1.29, 1.82) is 0 Å². The summed E-state index contributed by atoms with van der Waals surface area (Å²) in [5.41, 5.74) is 3.53. The predicted octanol–water partition coefficient (Wildman–Crippen LogP) is 3.99. The van der Waals surface area contributed by atoms with Gasteiger partial charge in [-0.05, 0) is 25.1 Å². The molecule has 0 aliphatic carbocycles. The van der Waals surface area contributed by atoms with Crippen molar-refractivity contribution in [3.05, 3.63) is 39.3 Å². The average Bonchev–Trinajstić information content (AvgIpc) is 2.75. The summed E-state index contributed by atoms with van der Waals surface area (Å²) in [6, 6.07) is 6.36. The second-order valence-electron chi connectivity index (χ2n) is 3.91. The standard InChI is InChI=1S/C13H15BrN2S/c1-3-15-7-10-8-17-13(16-10)11-5-4-9(2)6-12(11)14/h4-6,8,15H,3,7H2,1-2H3. The molecule has 90 valence electrons. The Morgan fingerprint density at radius 1 is 1.41 bits per heavy atom. The fraction of sp³-hybridized carbons (Fsp3) is 0.308. The molecule has 2 rings (SSSR count). The molecule has 0 unspecified atom stereocenters. The molecule has 0 spiro atoms. The van der Waals surface area contributed by atoms with E-state index in [0.717, 1.165) is 28.3 Å². The van der Waals surface area contributed by atoms with Gasteiger partial charge in [-0.3, -0.25) is 0 Å². The number of nitrogens with zero attached hydrogens (tertiary/aromatic N) is 1. The maximum atomic E-state index is 4.63. The van der Waals surface area contributed by atoms with Crippen LogP contribution in [0.25, 0.3) is 10.6 Å². The van der Waals surface area contributed by atoms with Crippen LogP contribution >= 0.6 is 27.3 Å². The molecule has 0 fully saturated rings. The van der Waals surface area contributed by atoms with E-state index in [-0.39, 0.29) is 0 Å². The first-order chi connectivity index (χ1) is 8.20. The molecular formula is C13H15BrN2S. The van der Waals surface area contributed by atoms with Gasteiger partial charge in [-0.15, -0.1) is 11.3 Å². The minimum Gasteiger partial charge on any atom is -0.311 e. The minimum absolute atomic E-state index is 0.844. The largest absolute Gasteiger partial charge is 0.311 e. The number of hydrogen-bond donors (Lipinski definition) is 1. The van der Waals surface area contributed by atoms with Gasteiger partial charge in [0.25, 0.3) is 0 Å². The Kier molecular flexibility index (Phi) is 4.31. The van der Waals surface area contributed by atoms with Crippen LogP contribution in [0.5, 0.6) is 0 Å². The van der Waals surface area contributed by atoms with Crippen LogP contribution in [0.1, 0.15) is 18.2 Å². The number of aryl methyl sites for hydroxylation is 1. The summed E-state index contributed by atoms with van der Waals surface area (Å²) in [6.45, 7) is 6.01. The van der Waals surface area contributed by atoms with Crippen LogP contribution in [-0.4, -0.2) is 11.5 Å². The Labute approximate surface area is 114 Å². The van der Waals surface area contributed by atoms with E-state index >= 15 is 0 Å². The highest BCUT2D eigenvalue weighted by molar-refractivity contribution is 9.10. The zero-order chi connectivity index (χ0) is 12.3. The highest BCUT2D eigenvalue weighted by atomic mass is 79.9. The van der Waals surface area contributed by atoms with Crippen molar-refractivity contribution < 1.29 is 0 Å². The van der Waals surface area contributed by atoms with Crippen LogP contribution in [0, 0.1) is 6.92 Å². The molecule has 1 heterocycles. The molecule has 1 N–H and O–H groups in total. The second kappa shape index (κ2) is 5.76. The van der Waals surface area contributed by atoms with Crippen LogP contribution in [0.2, 0.25) is 0 Å². The Hall–Kier alpha value is -0.710. The monoisotopic (exact) mass is 310 g/mol. The van der Waals surface area contributed by atoms with E-state index < -0.39 is 0 Å². The van der Waals surface area contributed by atoms with Crippen molar-refractivity contribution in [2.75, 3.05) is 6.54 Å². The second-order valence-corrected chi connectivity index (χ2v) is 5.62. The maximum absolute atomic E-state index is 4.63. The SMILES string of the molecule is CCNCc1csc(-c2ccc(C)cc2Br)n1. The van der Waals surface area contributed by atoms with Crippen LogP contribution in [-0.2, 0) is 6.54 Å². The topological polar surface area (TPSA) is 24.9 Å². The molecule has 0 amide bonds. The normalized spacial score (nSPS) is 10.8. The van der Waals surface area contributed by atoms with Gasteiger partial charge in [0.15, 0.2) is 0 Å². The van der Waals surface area contributed by atoms with Crippen LogP contribution < -0.4 is 5.32 Å². The van der Waals surface area contributed by atoms with Gasteiger partial charge in [-0.25, -0.2) is 4.98 Å². The first-order valence-corrected chi connectivity index (χ1v) is 7.29. The van der Waals surface area contributed by atoms with Crippen molar-refractivity contribution in [3.8, 4) is 10.6 Å². The highest BCUT2D eigenvalue weighted by Gasteiger charge is 2.08. The summed E-state index contributed by atoms with van der Waals surface area (Å²) >= 11 is 5.29. The van der Waals surface area contributed by atoms with Crippen LogP contribution in [0.4, 0.5) is 0 Å². The van der Waals surface area contributed by atoms with Gasteiger partial charge in [-0.2, -0.15) is 0 Å². The third kappa shape index (κ3) is 3.15. The van der Waals surface area contributed by atoms with Crippen molar-refractivity contribution in [2.45, 2.75) is 20.4 Å². The number of nitrogens with one attached hydrogen (secondary N) is 1. The van der Waals surface area contributed by atoms with E-state index in [1.807, 2.05) is 0 Å². The lowest BCUT2D eigenvalue weighted by atomic mass is 10.2. The smallest absolute Gasteiger partial charge is 0.124 e. The summed E-state index contributed by atoms with van der Waals surface area (Å²) in [6.07, 6.45) is 0. The lowest BCUT2D eigenvalue weighted by Crippen LogP contribution is -2.11. The van der Waals surface area contributed by atoms with Crippen LogP contribution in [0.3, 0.4) is 0 Å². The molecule has 0 aliphatic heterocycles. The number of benzene rings is 1. The van der Waals surface area contributed by atoms with Crippen molar-refractivity contribution in [1.82, 2.24) is 10.3 Å². The van der Waals surface area contributed by atoms with Gasteiger partial charge in [0, 0.05) is 22.0 Å². The third-order valence-corrected chi connectivity index (χ3v) is 4.04. The molecule has 2 aromatic rings. The fourth-order valence-electron chi connectivity index (χ4n) is 1.56. The van der Waals surface area contributed by atoms with Crippen molar-refractivity contribution >= 4 is 27.3 Å². The molecular weight excluding hydrogens is 296 g/mol. The van der Waals surface area contributed by atoms with Crippen molar-refractivity contribution in [3.63, 3.8) is 0 Å². The van der Waals surface area contributed by atoms with E-state index in [4.69, 9.17) is 0 Å². The maximum Gasteiger partial charge on any atom is 0.124 e. The van der Waals surface area contributed by atoms with E-state index in [1.54, 1.807) is 11.3 Å². The summed E-state index contributed by atoms with van der Waals surface area (Å²) < 4.78 is 1.11. The first-order valence-electron chi connectivity index (χ1n) is 5.62. The number of hydrogen-bond acceptors (Lipinski definition) is 3. The molecule has 17 heavy (non-hydrogen) atoms. The number of halogens is 1. The van der Waals surface area contributed by atoms with E-state index in [1.165, 1.54) is 11.1 Å². The van der Waals surface area contributed by atoms with E-state index in [0.29, 0.717) is 0 Å². The van der Waals surface area contributed by atoms with Gasteiger partial charge in [0.2, 0.25) is 0 Å². The van der Waals surface area contributed by atoms with E-state index in [2.05, 4.69) is 63.7 Å². The number of rotatable bonds is 4. The first kappa shape index (κ1) is 12.7. The molecule has 4 heteroatoms. The Balaban J connectivity index is 2.24. The quantitative estimate of drug-likeness (QED) is 0.923. The molecule has 1 aromatic carbocycles. The van der Waals surface area contributed by atoms with Gasteiger partial charge in [0.1, 0.15) is 5.01 Å². The summed E-state index contributed by atoms with van der Waals surface area (Å²) in [5.74, 6) is 0. The molecule has 0 saturated carbocycles. The zero-order valence-electron chi connectivity index (χ0n) is 9.96. The lowest BCUT2D eigenvalue weighted by molar-refractivity contribution is 0.715. The molecule has 0 atom stereocenters. The summed E-state index contributed by atoms with van der Waals surface area (Å²) in [5, 5.41) is 6.47. The fourth-order valence-corrected chi connectivity index (χ4v) is 3.23. The molecule has 2 nitrogen and oxygen atoms in total. The molecule has 0 saturated heterocycles. The van der Waals surface area contributed by atoms with Gasteiger partial charge >= 0.3 is 0 Å². The molecule has 1 aromatic heterocycles. The predicted molar refractivity (Wildman–Crippen MR) is 77.4 cm³/mol. The average molecular weight is 311 g/mol. The van der Waals surface area contributed by atoms with Gasteiger partial charge in [0.05, 0.1) is 5.69 Å². The highest BCUT2D eigenvalue weighted by Crippen LogP contribution is 2.31. The zero-order valence-corrected chi connectivity index (χ0v) is 12.4. The van der Waals surface area contributed by atoms with Crippen molar-refractivity contribution in [2.24, 2.45) is 0 Å². The Bertz CT molecular complexity index is 508. The summed E-state index contributed by atoms with van der Waals surface area (Å²) in [4.78, 5) is 4.63. The van der Waals surface area contributed by atoms with Gasteiger partial charge in [-0.1, -0.05) is 35.0 Å². The van der Waals surface area contributed by atoms with Gasteiger partial charge < -0.3 is 5.32 Å². The molecule has 0 radical (unpaired) electrons. The Morgan fingerprint density at radius 2 is 2.24 bits per heavy atom. The minimum atomic E-state index is 0.844. The number of aromatic nitrogens is 1. The van der Waals surface area contributed by atoms with Crippen LogP contribution in [0.15, 0.2) is 28.1 Å². The molecule has 0 bridgehead atoms. The lowest BCUT2D eigenvalue weighted by Gasteiger charge is -2.01. The Morgan fingerprint density at radius 3 is 2.94 bits per heavy atom. The molecule has 0 aliphatic rings.